The Balaban J connectivity index is 2.65. The molecule has 0 spiro atoms. The number of nitrogens with zero attached hydrogens (tertiary/aromatic N) is 1. The lowest BCUT2D eigenvalue weighted by molar-refractivity contribution is 0.0797. The maximum atomic E-state index is 9.86. The Morgan fingerprint density at radius 2 is 1.43 bits per heavy atom. The van der Waals surface area contributed by atoms with Crippen LogP contribution in [0.2, 0.25) is 0 Å². The van der Waals surface area contributed by atoms with Crippen LogP contribution in [-0.2, 0) is 16.0 Å². The van der Waals surface area contributed by atoms with Crippen LogP contribution in [0, 0.1) is 13.8 Å². The molecule has 0 unspecified atom stereocenters. The van der Waals surface area contributed by atoms with E-state index in [9.17, 15) is 5.11 Å². The van der Waals surface area contributed by atoms with Gasteiger partial charge in [-0.3, -0.25) is 4.90 Å². The average molecular weight is 295 g/mol. The molecule has 0 bridgehead atoms. The molecule has 0 aliphatic heterocycles. The number of hydrogen-bond acceptors (Lipinski definition) is 4. The van der Waals surface area contributed by atoms with Gasteiger partial charge >= 0.3 is 0 Å². The summed E-state index contributed by atoms with van der Waals surface area (Å²) in [5.74, 6) is 0.397. The molecule has 0 aliphatic rings. The predicted octanol–water partition coefficient (Wildman–Crippen LogP) is 2.88. The second kappa shape index (κ2) is 9.77. The van der Waals surface area contributed by atoms with Crippen LogP contribution in [0.5, 0.6) is 5.75 Å². The molecule has 0 fully saturated rings. The van der Waals surface area contributed by atoms with E-state index in [-0.39, 0.29) is 0 Å². The zero-order valence-corrected chi connectivity index (χ0v) is 13.8. The number of benzene rings is 1. The summed E-state index contributed by atoms with van der Waals surface area (Å²) in [5.41, 5.74) is 3.08. The van der Waals surface area contributed by atoms with Gasteiger partial charge in [-0.25, -0.2) is 0 Å². The number of rotatable bonds is 10. The highest BCUT2D eigenvalue weighted by atomic mass is 16.5. The molecule has 0 aromatic heterocycles. The van der Waals surface area contributed by atoms with Gasteiger partial charge in [-0.15, -0.1) is 0 Å². The molecule has 0 atom stereocenters. The molecule has 0 aliphatic carbocycles. The van der Waals surface area contributed by atoms with Crippen LogP contribution < -0.4 is 0 Å². The second-order valence-corrected chi connectivity index (χ2v) is 5.25. The second-order valence-electron chi connectivity index (χ2n) is 5.25. The maximum Gasteiger partial charge on any atom is 0.121 e. The summed E-state index contributed by atoms with van der Waals surface area (Å²) in [7, 11) is 0. The Morgan fingerprint density at radius 3 is 1.86 bits per heavy atom. The van der Waals surface area contributed by atoms with Crippen molar-refractivity contribution in [1.29, 1.82) is 0 Å². The lowest BCUT2D eigenvalue weighted by atomic mass is 10.1. The van der Waals surface area contributed by atoms with Gasteiger partial charge in [-0.1, -0.05) is 12.1 Å². The Kier molecular flexibility index (Phi) is 8.35. The van der Waals surface area contributed by atoms with E-state index in [1.807, 2.05) is 27.7 Å². The molecule has 0 heterocycles. The highest BCUT2D eigenvalue weighted by Gasteiger charge is 2.09. The third kappa shape index (κ3) is 6.46. The van der Waals surface area contributed by atoms with Gasteiger partial charge in [0.2, 0.25) is 0 Å². The number of aromatic hydroxyl groups is 1. The zero-order valence-electron chi connectivity index (χ0n) is 13.8. The van der Waals surface area contributed by atoms with Crippen molar-refractivity contribution in [1.82, 2.24) is 4.90 Å². The lowest BCUT2D eigenvalue weighted by Crippen LogP contribution is -2.30. The molecular formula is C17H29NO3. The minimum Gasteiger partial charge on any atom is -0.507 e. The van der Waals surface area contributed by atoms with Crippen LogP contribution in [0.1, 0.15) is 30.5 Å². The third-order valence-corrected chi connectivity index (χ3v) is 3.47. The van der Waals surface area contributed by atoms with Crippen LogP contribution in [-0.4, -0.2) is 49.5 Å². The smallest absolute Gasteiger partial charge is 0.121 e. The summed E-state index contributed by atoms with van der Waals surface area (Å²) in [6.07, 6.45) is 0. The molecule has 1 aromatic rings. The van der Waals surface area contributed by atoms with Crippen LogP contribution in [0.4, 0.5) is 0 Å². The molecule has 0 saturated heterocycles. The molecule has 0 saturated carbocycles. The van der Waals surface area contributed by atoms with Crippen molar-refractivity contribution in [2.24, 2.45) is 0 Å². The molecule has 4 nitrogen and oxygen atoms in total. The minimum absolute atomic E-state index is 0.397. The third-order valence-electron chi connectivity index (χ3n) is 3.47. The Labute approximate surface area is 128 Å². The van der Waals surface area contributed by atoms with Crippen LogP contribution in [0.3, 0.4) is 0 Å². The van der Waals surface area contributed by atoms with E-state index in [2.05, 4.69) is 17.0 Å². The summed E-state index contributed by atoms with van der Waals surface area (Å²) in [6, 6.07) is 4.10. The van der Waals surface area contributed by atoms with E-state index >= 15 is 0 Å². The summed E-state index contributed by atoms with van der Waals surface area (Å²) < 4.78 is 10.9. The molecule has 1 N–H and O–H groups in total. The number of aryl methyl sites for hydroxylation is 2. The van der Waals surface area contributed by atoms with Crippen molar-refractivity contribution in [3.8, 4) is 5.75 Å². The predicted molar refractivity (Wildman–Crippen MR) is 85.8 cm³/mol. The normalized spacial score (nSPS) is 11.3. The fourth-order valence-electron chi connectivity index (χ4n) is 2.34. The fourth-order valence-corrected chi connectivity index (χ4v) is 2.34. The van der Waals surface area contributed by atoms with Crippen molar-refractivity contribution >= 4 is 0 Å². The fraction of sp³-hybridized carbons (Fsp3) is 0.647. The van der Waals surface area contributed by atoms with E-state index in [0.717, 1.165) is 57.2 Å². The first-order chi connectivity index (χ1) is 10.1. The van der Waals surface area contributed by atoms with Crippen molar-refractivity contribution in [2.45, 2.75) is 34.2 Å². The molecule has 120 valence electrons. The molecule has 1 aromatic carbocycles. The zero-order chi connectivity index (χ0) is 15.7. The quantitative estimate of drug-likeness (QED) is 0.674. The standard InChI is InChI=1S/C17H29NO3/c1-5-20-9-7-18(8-10-21-6-2)13-16-11-14(3)17(19)15(4)12-16/h11-12,19H,5-10,13H2,1-4H3. The lowest BCUT2D eigenvalue weighted by Gasteiger charge is -2.23. The number of phenols is 1. The van der Waals surface area contributed by atoms with Gasteiger partial charge in [0.15, 0.2) is 0 Å². The van der Waals surface area contributed by atoms with Crippen molar-refractivity contribution in [3.63, 3.8) is 0 Å². The van der Waals surface area contributed by atoms with Crippen molar-refractivity contribution in [3.05, 3.63) is 28.8 Å². The highest BCUT2D eigenvalue weighted by Crippen LogP contribution is 2.23. The van der Waals surface area contributed by atoms with Gasteiger partial charge in [0.05, 0.1) is 13.2 Å². The summed E-state index contributed by atoms with van der Waals surface area (Å²) in [5, 5.41) is 9.86. The Bertz CT molecular complexity index is 387. The van der Waals surface area contributed by atoms with Gasteiger partial charge in [0, 0.05) is 32.8 Å². The largest absolute Gasteiger partial charge is 0.507 e. The van der Waals surface area contributed by atoms with E-state index in [4.69, 9.17) is 9.47 Å². The minimum atomic E-state index is 0.397. The number of hydrogen-bond donors (Lipinski definition) is 1. The first kappa shape index (κ1) is 18.0. The monoisotopic (exact) mass is 295 g/mol. The topological polar surface area (TPSA) is 41.9 Å². The van der Waals surface area contributed by atoms with Gasteiger partial charge in [0.1, 0.15) is 5.75 Å². The van der Waals surface area contributed by atoms with E-state index in [1.54, 1.807) is 0 Å². The van der Waals surface area contributed by atoms with Gasteiger partial charge in [-0.2, -0.15) is 0 Å². The maximum absolute atomic E-state index is 9.86. The van der Waals surface area contributed by atoms with Gasteiger partial charge in [0.25, 0.3) is 0 Å². The Hall–Kier alpha value is -1.10. The summed E-state index contributed by atoms with van der Waals surface area (Å²) in [6.45, 7) is 13.5. The summed E-state index contributed by atoms with van der Waals surface area (Å²) >= 11 is 0. The molecule has 4 heteroatoms. The van der Waals surface area contributed by atoms with Crippen LogP contribution in [0.25, 0.3) is 0 Å². The van der Waals surface area contributed by atoms with Gasteiger partial charge in [-0.05, 0) is 44.4 Å². The first-order valence-electron chi connectivity index (χ1n) is 7.75. The van der Waals surface area contributed by atoms with E-state index in [0.29, 0.717) is 5.75 Å². The van der Waals surface area contributed by atoms with Crippen molar-refractivity contribution < 1.29 is 14.6 Å². The molecule has 21 heavy (non-hydrogen) atoms. The molecule has 1 rings (SSSR count). The molecular weight excluding hydrogens is 266 g/mol. The van der Waals surface area contributed by atoms with E-state index < -0.39 is 0 Å². The van der Waals surface area contributed by atoms with Crippen LogP contribution in [0.15, 0.2) is 12.1 Å². The Morgan fingerprint density at radius 1 is 0.952 bits per heavy atom. The van der Waals surface area contributed by atoms with Crippen LogP contribution >= 0.6 is 0 Å². The first-order valence-corrected chi connectivity index (χ1v) is 7.75. The summed E-state index contributed by atoms with van der Waals surface area (Å²) in [4.78, 5) is 2.33. The van der Waals surface area contributed by atoms with Gasteiger partial charge < -0.3 is 14.6 Å². The van der Waals surface area contributed by atoms with Crippen molar-refractivity contribution in [2.75, 3.05) is 39.5 Å². The molecule has 0 amide bonds. The number of phenolic OH excluding ortho intramolecular Hbond substituents is 1. The average Bonchev–Trinajstić information content (AvgIpc) is 2.45. The SMILES string of the molecule is CCOCCN(CCOCC)Cc1cc(C)c(O)c(C)c1. The van der Waals surface area contributed by atoms with E-state index in [1.165, 1.54) is 5.56 Å². The molecule has 0 radical (unpaired) electrons. The highest BCUT2D eigenvalue weighted by molar-refractivity contribution is 5.42. The number of ether oxygens (including phenoxy) is 2.